The molecule has 0 bridgehead atoms. The molecular formula is C20H17BrN2O3. The Balaban J connectivity index is 1.75. The van der Waals surface area contributed by atoms with E-state index < -0.39 is 0 Å². The van der Waals surface area contributed by atoms with Gasteiger partial charge in [-0.05, 0) is 54.6 Å². The molecule has 0 aliphatic carbocycles. The second-order valence-electron chi connectivity index (χ2n) is 5.47. The summed E-state index contributed by atoms with van der Waals surface area (Å²) in [6.45, 7) is 0.290. The Hall–Kier alpha value is -2.86. The monoisotopic (exact) mass is 412 g/mol. The van der Waals surface area contributed by atoms with Crippen LogP contribution in [0.2, 0.25) is 0 Å². The van der Waals surface area contributed by atoms with Crippen molar-refractivity contribution in [2.24, 2.45) is 0 Å². The quantitative estimate of drug-likeness (QED) is 0.638. The van der Waals surface area contributed by atoms with Crippen LogP contribution < -0.4 is 14.8 Å². The molecule has 0 spiro atoms. The van der Waals surface area contributed by atoms with Crippen LogP contribution in [0.1, 0.15) is 15.9 Å². The summed E-state index contributed by atoms with van der Waals surface area (Å²) in [4.78, 5) is 16.4. The fourth-order valence-electron chi connectivity index (χ4n) is 2.36. The van der Waals surface area contributed by atoms with Gasteiger partial charge in [-0.2, -0.15) is 0 Å². The highest BCUT2D eigenvalue weighted by Crippen LogP contribution is 2.23. The van der Waals surface area contributed by atoms with Crippen LogP contribution in [0.4, 0.5) is 5.69 Å². The number of ether oxygens (including phenoxy) is 2. The second kappa shape index (κ2) is 8.49. The third kappa shape index (κ3) is 4.61. The van der Waals surface area contributed by atoms with Gasteiger partial charge < -0.3 is 14.8 Å². The third-order valence-electron chi connectivity index (χ3n) is 3.67. The first-order valence-electron chi connectivity index (χ1n) is 7.92. The molecule has 1 N–H and O–H groups in total. The van der Waals surface area contributed by atoms with E-state index in [2.05, 4.69) is 26.2 Å². The summed E-state index contributed by atoms with van der Waals surface area (Å²) in [7, 11) is 1.59. The van der Waals surface area contributed by atoms with Crippen molar-refractivity contribution in [3.8, 4) is 11.5 Å². The summed E-state index contributed by atoms with van der Waals surface area (Å²) in [6.07, 6.45) is 3.25. The molecule has 0 atom stereocenters. The van der Waals surface area contributed by atoms with Crippen molar-refractivity contribution in [1.29, 1.82) is 0 Å². The number of hydrogen-bond acceptors (Lipinski definition) is 4. The Morgan fingerprint density at radius 3 is 2.65 bits per heavy atom. The molecular weight excluding hydrogens is 396 g/mol. The number of aromatic nitrogens is 1. The van der Waals surface area contributed by atoms with Gasteiger partial charge in [0.25, 0.3) is 5.91 Å². The predicted molar refractivity (Wildman–Crippen MR) is 104 cm³/mol. The summed E-state index contributed by atoms with van der Waals surface area (Å²) in [5.74, 6) is 1.19. The van der Waals surface area contributed by atoms with Crippen LogP contribution in [-0.4, -0.2) is 18.0 Å². The van der Waals surface area contributed by atoms with Gasteiger partial charge in [-0.1, -0.05) is 15.9 Å². The number of nitrogens with one attached hydrogen (secondary N) is 1. The fraction of sp³-hybridized carbons (Fsp3) is 0.100. The Morgan fingerprint density at radius 2 is 1.96 bits per heavy atom. The minimum Gasteiger partial charge on any atom is -0.496 e. The highest BCUT2D eigenvalue weighted by Gasteiger charge is 2.11. The lowest BCUT2D eigenvalue weighted by Crippen LogP contribution is -2.13. The van der Waals surface area contributed by atoms with Gasteiger partial charge in [0.1, 0.15) is 18.1 Å². The minimum atomic E-state index is -0.217. The number of anilines is 1. The Labute approximate surface area is 160 Å². The zero-order chi connectivity index (χ0) is 18.4. The molecule has 0 aliphatic rings. The molecule has 1 amide bonds. The maximum atomic E-state index is 12.5. The summed E-state index contributed by atoms with van der Waals surface area (Å²) in [5, 5.41) is 2.81. The molecule has 26 heavy (non-hydrogen) atoms. The first-order valence-corrected chi connectivity index (χ1v) is 8.71. The van der Waals surface area contributed by atoms with Crippen molar-refractivity contribution in [1.82, 2.24) is 4.98 Å². The van der Waals surface area contributed by atoms with Crippen molar-refractivity contribution in [2.45, 2.75) is 6.61 Å². The maximum Gasteiger partial charge on any atom is 0.255 e. The van der Waals surface area contributed by atoms with E-state index in [1.807, 2.05) is 24.3 Å². The van der Waals surface area contributed by atoms with Crippen molar-refractivity contribution < 1.29 is 14.3 Å². The van der Waals surface area contributed by atoms with Gasteiger partial charge in [0.15, 0.2) is 0 Å². The van der Waals surface area contributed by atoms with Crippen molar-refractivity contribution in [3.63, 3.8) is 0 Å². The molecule has 0 fully saturated rings. The molecule has 0 saturated heterocycles. The van der Waals surface area contributed by atoms with E-state index in [1.165, 1.54) is 0 Å². The van der Waals surface area contributed by atoms with Crippen LogP contribution in [-0.2, 0) is 6.61 Å². The molecule has 3 aromatic rings. The lowest BCUT2D eigenvalue weighted by Gasteiger charge is -2.12. The van der Waals surface area contributed by atoms with E-state index >= 15 is 0 Å². The van der Waals surface area contributed by atoms with Gasteiger partial charge in [0.2, 0.25) is 0 Å². The summed E-state index contributed by atoms with van der Waals surface area (Å²) in [5.41, 5.74) is 1.94. The van der Waals surface area contributed by atoms with Gasteiger partial charge in [-0.15, -0.1) is 0 Å². The average molecular weight is 413 g/mol. The van der Waals surface area contributed by atoms with E-state index in [0.29, 0.717) is 23.6 Å². The molecule has 132 valence electrons. The largest absolute Gasteiger partial charge is 0.496 e. The van der Waals surface area contributed by atoms with E-state index in [-0.39, 0.29) is 5.91 Å². The molecule has 5 nitrogen and oxygen atoms in total. The number of hydrogen-bond donors (Lipinski definition) is 1. The lowest BCUT2D eigenvalue weighted by molar-refractivity contribution is 0.102. The number of carbonyl (C=O) groups is 1. The topological polar surface area (TPSA) is 60.5 Å². The molecule has 3 rings (SSSR count). The number of methoxy groups -OCH3 is 1. The van der Waals surface area contributed by atoms with Crippen LogP contribution in [0.3, 0.4) is 0 Å². The number of amides is 1. The summed E-state index contributed by atoms with van der Waals surface area (Å²) in [6, 6.07) is 16.3. The SMILES string of the molecule is COc1ccc(C(=O)Nc2cccnc2)cc1COc1ccc(Br)cc1. The minimum absolute atomic E-state index is 0.217. The standard InChI is InChI=1S/C20H17BrN2O3/c1-25-19-9-4-14(20(24)23-17-3-2-10-22-12-17)11-15(19)13-26-18-7-5-16(21)6-8-18/h2-12H,13H2,1H3,(H,23,24). The first-order chi connectivity index (χ1) is 12.7. The van der Waals surface area contributed by atoms with Crippen LogP contribution in [0, 0.1) is 0 Å². The number of nitrogens with zero attached hydrogens (tertiary/aromatic N) is 1. The molecule has 2 aromatic carbocycles. The van der Waals surface area contributed by atoms with Gasteiger partial charge in [-0.25, -0.2) is 0 Å². The van der Waals surface area contributed by atoms with Gasteiger partial charge in [-0.3, -0.25) is 9.78 Å². The molecule has 1 aromatic heterocycles. The van der Waals surface area contributed by atoms with Crippen LogP contribution in [0.15, 0.2) is 71.5 Å². The molecule has 1 heterocycles. The van der Waals surface area contributed by atoms with Gasteiger partial charge >= 0.3 is 0 Å². The predicted octanol–water partition coefficient (Wildman–Crippen LogP) is 4.68. The Kier molecular flexibility index (Phi) is 5.86. The number of rotatable bonds is 6. The van der Waals surface area contributed by atoms with Gasteiger partial charge in [0, 0.05) is 21.8 Å². The normalized spacial score (nSPS) is 10.2. The van der Waals surface area contributed by atoms with Gasteiger partial charge in [0.05, 0.1) is 19.0 Å². The van der Waals surface area contributed by atoms with Crippen LogP contribution in [0.5, 0.6) is 11.5 Å². The second-order valence-corrected chi connectivity index (χ2v) is 6.38. The number of carbonyl (C=O) groups excluding carboxylic acids is 1. The lowest BCUT2D eigenvalue weighted by atomic mass is 10.1. The maximum absolute atomic E-state index is 12.5. The van der Waals surface area contributed by atoms with E-state index in [0.717, 1.165) is 15.8 Å². The fourth-order valence-corrected chi connectivity index (χ4v) is 2.63. The smallest absolute Gasteiger partial charge is 0.255 e. The zero-order valence-corrected chi connectivity index (χ0v) is 15.7. The van der Waals surface area contributed by atoms with Crippen LogP contribution in [0.25, 0.3) is 0 Å². The summed E-state index contributed by atoms with van der Waals surface area (Å²) >= 11 is 3.39. The first kappa shape index (κ1) is 17.9. The Bertz CT molecular complexity index is 883. The molecule has 0 unspecified atom stereocenters. The Morgan fingerprint density at radius 1 is 1.15 bits per heavy atom. The highest BCUT2D eigenvalue weighted by atomic mass is 79.9. The van der Waals surface area contributed by atoms with Crippen molar-refractivity contribution >= 4 is 27.5 Å². The van der Waals surface area contributed by atoms with E-state index in [4.69, 9.17) is 9.47 Å². The van der Waals surface area contributed by atoms with E-state index in [9.17, 15) is 4.79 Å². The number of pyridine rings is 1. The molecule has 6 heteroatoms. The third-order valence-corrected chi connectivity index (χ3v) is 4.20. The van der Waals surface area contributed by atoms with Crippen LogP contribution >= 0.6 is 15.9 Å². The number of benzene rings is 2. The molecule has 0 saturated carbocycles. The average Bonchev–Trinajstić information content (AvgIpc) is 2.68. The van der Waals surface area contributed by atoms with Crippen molar-refractivity contribution in [3.05, 3.63) is 82.6 Å². The summed E-state index contributed by atoms with van der Waals surface area (Å²) < 4.78 is 12.2. The molecule has 0 aliphatic heterocycles. The van der Waals surface area contributed by atoms with Crippen molar-refractivity contribution in [2.75, 3.05) is 12.4 Å². The molecule has 0 radical (unpaired) electrons. The van der Waals surface area contributed by atoms with E-state index in [1.54, 1.807) is 49.8 Å². The zero-order valence-electron chi connectivity index (χ0n) is 14.1. The number of halogens is 1. The highest BCUT2D eigenvalue weighted by molar-refractivity contribution is 9.10.